The van der Waals surface area contributed by atoms with Crippen LogP contribution in [0.25, 0.3) is 0 Å². The van der Waals surface area contributed by atoms with Crippen LogP contribution >= 0.6 is 0 Å². The Kier molecular flexibility index (Phi) is 4.78. The zero-order chi connectivity index (χ0) is 13.5. The van der Waals surface area contributed by atoms with Crippen molar-refractivity contribution in [2.75, 3.05) is 6.61 Å². The molecule has 0 saturated heterocycles. The summed E-state index contributed by atoms with van der Waals surface area (Å²) in [5.74, 6) is -0.994. The second kappa shape index (κ2) is 6.33. The Bertz CT molecular complexity index is 444. The Hall–Kier alpha value is -2.45. The summed E-state index contributed by atoms with van der Waals surface area (Å²) in [7, 11) is 1.55. The van der Waals surface area contributed by atoms with Crippen LogP contribution in [0.5, 0.6) is 0 Å². The third-order valence-electron chi connectivity index (χ3n) is 1.86. The molecule has 1 heterocycles. The van der Waals surface area contributed by atoms with Gasteiger partial charge >= 0.3 is 12.1 Å². The van der Waals surface area contributed by atoms with Gasteiger partial charge in [-0.2, -0.15) is 4.80 Å². The molecule has 1 aromatic rings. The number of carbonyl (C=O) groups is 2. The number of nitrogens with zero attached hydrogens (tertiary/aromatic N) is 4. The number of aromatic nitrogens is 4. The van der Waals surface area contributed by atoms with E-state index < -0.39 is 18.1 Å². The molecule has 0 radical (unpaired) electrons. The van der Waals surface area contributed by atoms with Gasteiger partial charge in [0.25, 0.3) is 0 Å². The van der Waals surface area contributed by atoms with Gasteiger partial charge in [-0.05, 0) is 5.21 Å². The van der Waals surface area contributed by atoms with Crippen molar-refractivity contribution >= 4 is 12.1 Å². The van der Waals surface area contributed by atoms with Crippen LogP contribution in [0.2, 0.25) is 0 Å². The van der Waals surface area contributed by atoms with Crippen LogP contribution in [0.15, 0.2) is 12.7 Å². The average molecular weight is 255 g/mol. The van der Waals surface area contributed by atoms with E-state index in [-0.39, 0.29) is 18.9 Å². The first kappa shape index (κ1) is 13.6. The number of aryl methyl sites for hydroxylation is 1. The molecular formula is C9H13N5O4. The normalized spacial score (nSPS) is 11.6. The van der Waals surface area contributed by atoms with Crippen molar-refractivity contribution in [3.05, 3.63) is 18.5 Å². The lowest BCUT2D eigenvalue weighted by molar-refractivity contribution is -0.139. The first-order valence-corrected chi connectivity index (χ1v) is 5.02. The van der Waals surface area contributed by atoms with Crippen LogP contribution in [-0.4, -0.2) is 50.0 Å². The van der Waals surface area contributed by atoms with Crippen molar-refractivity contribution in [1.29, 1.82) is 0 Å². The Labute approximate surface area is 102 Å². The molecule has 0 aliphatic rings. The second-order valence-corrected chi connectivity index (χ2v) is 3.32. The van der Waals surface area contributed by atoms with E-state index in [0.29, 0.717) is 0 Å². The molecule has 0 fully saturated rings. The van der Waals surface area contributed by atoms with Crippen LogP contribution in [0, 0.1) is 0 Å². The van der Waals surface area contributed by atoms with E-state index in [1.807, 2.05) is 0 Å². The predicted molar refractivity (Wildman–Crippen MR) is 58.6 cm³/mol. The number of aliphatic carboxylic acids is 1. The molecule has 18 heavy (non-hydrogen) atoms. The maximum Gasteiger partial charge on any atom is 0.408 e. The lowest BCUT2D eigenvalue weighted by atomic mass is 10.2. The summed E-state index contributed by atoms with van der Waals surface area (Å²) in [6, 6.07) is -1.17. The summed E-state index contributed by atoms with van der Waals surface area (Å²) >= 11 is 0. The number of nitrogens with one attached hydrogen (secondary N) is 1. The van der Waals surface area contributed by atoms with Gasteiger partial charge in [0.2, 0.25) is 0 Å². The number of rotatable bonds is 6. The standard InChI is InChI=1S/C9H13N5O4/c1-3-4-18-9(17)10-6(8(15)16)5-7-11-13-14(2)12-7/h3,6H,1,4-5H2,2H3,(H,10,17)(H,15,16). The molecule has 0 aliphatic carbocycles. The monoisotopic (exact) mass is 255 g/mol. The van der Waals surface area contributed by atoms with Gasteiger partial charge in [-0.25, -0.2) is 9.59 Å². The molecule has 0 bridgehead atoms. The summed E-state index contributed by atoms with van der Waals surface area (Å²) in [6.07, 6.45) is 0.456. The highest BCUT2D eigenvalue weighted by atomic mass is 16.5. The Morgan fingerprint density at radius 3 is 2.89 bits per heavy atom. The minimum atomic E-state index is -1.21. The molecule has 0 aromatic carbocycles. The van der Waals surface area contributed by atoms with Crippen molar-refractivity contribution in [3.63, 3.8) is 0 Å². The molecular weight excluding hydrogens is 242 g/mol. The molecule has 0 aliphatic heterocycles. The topological polar surface area (TPSA) is 119 Å². The molecule has 9 nitrogen and oxygen atoms in total. The number of alkyl carbamates (subject to hydrolysis) is 1. The number of hydrogen-bond acceptors (Lipinski definition) is 6. The van der Waals surface area contributed by atoms with Gasteiger partial charge in [0.05, 0.1) is 7.05 Å². The molecule has 1 aromatic heterocycles. The smallest absolute Gasteiger partial charge is 0.408 e. The number of tetrazole rings is 1. The fraction of sp³-hybridized carbons (Fsp3) is 0.444. The summed E-state index contributed by atoms with van der Waals surface area (Å²) in [5.41, 5.74) is 0. The molecule has 1 amide bonds. The zero-order valence-electron chi connectivity index (χ0n) is 9.74. The minimum Gasteiger partial charge on any atom is -0.480 e. The van der Waals surface area contributed by atoms with Gasteiger partial charge in [0, 0.05) is 6.42 Å². The van der Waals surface area contributed by atoms with E-state index in [0.717, 1.165) is 0 Å². The average Bonchev–Trinajstić information content (AvgIpc) is 2.71. The van der Waals surface area contributed by atoms with Crippen molar-refractivity contribution in [1.82, 2.24) is 25.5 Å². The number of carbonyl (C=O) groups excluding carboxylic acids is 1. The highest BCUT2D eigenvalue weighted by Gasteiger charge is 2.23. The summed E-state index contributed by atoms with van der Waals surface area (Å²) in [5, 5.41) is 22.2. The first-order chi connectivity index (χ1) is 8.52. The number of carboxylic acid groups (broad SMARTS) is 1. The molecule has 2 N–H and O–H groups in total. The minimum absolute atomic E-state index is 0.00155. The number of hydrogen-bond donors (Lipinski definition) is 2. The Morgan fingerprint density at radius 1 is 1.67 bits per heavy atom. The molecule has 0 saturated carbocycles. The number of ether oxygens (including phenoxy) is 1. The predicted octanol–water partition coefficient (Wildman–Crippen LogP) is -0.882. The van der Waals surface area contributed by atoms with Gasteiger partial charge in [-0.1, -0.05) is 12.7 Å². The van der Waals surface area contributed by atoms with Crippen LogP contribution in [0.4, 0.5) is 4.79 Å². The SMILES string of the molecule is C=CCOC(=O)NC(Cc1nnn(C)n1)C(=O)O. The van der Waals surface area contributed by atoms with Crippen LogP contribution < -0.4 is 5.32 Å². The summed E-state index contributed by atoms with van der Waals surface area (Å²) in [6.45, 7) is 3.37. The Balaban J connectivity index is 2.57. The van der Waals surface area contributed by atoms with Crippen molar-refractivity contribution < 1.29 is 19.4 Å². The van der Waals surface area contributed by atoms with E-state index in [4.69, 9.17) is 5.11 Å². The van der Waals surface area contributed by atoms with E-state index in [2.05, 4.69) is 32.0 Å². The fourth-order valence-electron chi connectivity index (χ4n) is 1.11. The van der Waals surface area contributed by atoms with Crippen LogP contribution in [0.1, 0.15) is 5.82 Å². The van der Waals surface area contributed by atoms with Crippen molar-refractivity contribution in [2.24, 2.45) is 7.05 Å². The largest absolute Gasteiger partial charge is 0.480 e. The third-order valence-corrected chi connectivity index (χ3v) is 1.86. The molecule has 98 valence electrons. The fourth-order valence-corrected chi connectivity index (χ4v) is 1.11. The maximum atomic E-state index is 11.2. The molecule has 1 rings (SSSR count). The van der Waals surface area contributed by atoms with E-state index in [1.165, 1.54) is 10.9 Å². The van der Waals surface area contributed by atoms with Gasteiger partial charge < -0.3 is 15.2 Å². The Morgan fingerprint density at radius 2 is 2.39 bits per heavy atom. The van der Waals surface area contributed by atoms with E-state index in [9.17, 15) is 9.59 Å². The summed E-state index contributed by atoms with van der Waals surface area (Å²) < 4.78 is 4.62. The highest BCUT2D eigenvalue weighted by molar-refractivity contribution is 5.80. The van der Waals surface area contributed by atoms with Gasteiger partial charge in [-0.3, -0.25) is 0 Å². The highest BCUT2D eigenvalue weighted by Crippen LogP contribution is 1.96. The molecule has 1 atom stereocenters. The number of amides is 1. The zero-order valence-corrected chi connectivity index (χ0v) is 9.74. The lowest BCUT2D eigenvalue weighted by Gasteiger charge is -2.12. The van der Waals surface area contributed by atoms with Crippen LogP contribution in [-0.2, 0) is 23.0 Å². The summed E-state index contributed by atoms with van der Waals surface area (Å²) in [4.78, 5) is 23.4. The van der Waals surface area contributed by atoms with Gasteiger partial charge in [0.1, 0.15) is 12.6 Å². The number of carboxylic acids is 1. The van der Waals surface area contributed by atoms with E-state index in [1.54, 1.807) is 7.05 Å². The maximum absolute atomic E-state index is 11.2. The van der Waals surface area contributed by atoms with E-state index >= 15 is 0 Å². The first-order valence-electron chi connectivity index (χ1n) is 5.02. The molecule has 1 unspecified atom stereocenters. The molecule has 0 spiro atoms. The lowest BCUT2D eigenvalue weighted by Crippen LogP contribution is -2.42. The van der Waals surface area contributed by atoms with Gasteiger partial charge in [0.15, 0.2) is 5.82 Å². The van der Waals surface area contributed by atoms with Crippen LogP contribution in [0.3, 0.4) is 0 Å². The van der Waals surface area contributed by atoms with Gasteiger partial charge in [-0.15, -0.1) is 10.2 Å². The third kappa shape index (κ3) is 4.20. The second-order valence-electron chi connectivity index (χ2n) is 3.32. The quantitative estimate of drug-likeness (QED) is 0.633. The van der Waals surface area contributed by atoms with Crippen molar-refractivity contribution in [2.45, 2.75) is 12.5 Å². The molecule has 9 heteroatoms. The van der Waals surface area contributed by atoms with Crippen molar-refractivity contribution in [3.8, 4) is 0 Å².